The number of piperidine rings is 1. The normalized spacial score (nSPS) is 19.4. The Kier molecular flexibility index (Phi) is 9.18. The van der Waals surface area contributed by atoms with Crippen molar-refractivity contribution < 1.29 is 9.59 Å². The summed E-state index contributed by atoms with van der Waals surface area (Å²) >= 11 is 11.9. The Morgan fingerprint density at radius 2 is 2.19 bits per heavy atom. The molecule has 3 aliphatic rings. The number of carbonyl (C=O) groups is 2. The van der Waals surface area contributed by atoms with Crippen LogP contribution in [0.4, 0.5) is 0 Å². The molecule has 0 radical (unpaired) electrons. The topological polar surface area (TPSA) is 112 Å². The summed E-state index contributed by atoms with van der Waals surface area (Å²) in [4.78, 5) is 31.6. The molecule has 11 heteroatoms. The van der Waals surface area contributed by atoms with Gasteiger partial charge in [-0.15, -0.1) is 11.3 Å². The fraction of sp³-hybridized carbons (Fsp3) is 0.500. The van der Waals surface area contributed by atoms with Crippen molar-refractivity contribution in [3.8, 4) is 0 Å². The molecule has 1 atom stereocenters. The van der Waals surface area contributed by atoms with Crippen LogP contribution < -0.4 is 21.7 Å². The first-order chi connectivity index (χ1) is 17.7. The Hall–Kier alpha value is -2.11. The summed E-state index contributed by atoms with van der Waals surface area (Å²) in [5.74, 6) is 0.358. The number of benzene rings is 1. The molecule has 37 heavy (non-hydrogen) atoms. The first kappa shape index (κ1) is 27.9. The van der Waals surface area contributed by atoms with E-state index in [1.54, 1.807) is 17.4 Å². The SMILES string of the molecule is CC(C)(CS)N1CCc2nc(C(=O)N[C@H]3CCCNC3)sc2C1.NC(=O)C1=Cc2cc(Cl)ccc2CN1. The zero-order valence-corrected chi connectivity index (χ0v) is 23.7. The Morgan fingerprint density at radius 1 is 1.38 bits per heavy atom. The predicted octanol–water partition coefficient (Wildman–Crippen LogP) is 2.96. The lowest BCUT2D eigenvalue weighted by Crippen LogP contribution is -2.47. The standard InChI is InChI=1S/C16H26N4OS2.C10H9ClN2O/c1-16(2,10-22)20-7-5-12-13(9-20)23-15(19-12)14(21)18-11-4-3-6-17-8-11;11-8-2-1-6-5-13-9(10(12)14)4-7(6)3-8/h11,17,22H,3-10H2,1-2H3,(H,18,21);1-4,13H,5H2,(H2,12,14)/t11-;/m0./s1. The molecule has 1 aromatic carbocycles. The van der Waals surface area contributed by atoms with Crippen LogP contribution in [0.25, 0.3) is 6.08 Å². The van der Waals surface area contributed by atoms with Crippen LogP contribution in [-0.2, 0) is 24.3 Å². The number of nitrogens with zero attached hydrogens (tertiary/aromatic N) is 2. The van der Waals surface area contributed by atoms with E-state index in [0.717, 1.165) is 68.0 Å². The van der Waals surface area contributed by atoms with Crippen LogP contribution in [0.1, 0.15) is 58.2 Å². The molecule has 1 aromatic heterocycles. The summed E-state index contributed by atoms with van der Waals surface area (Å²) in [5, 5.41) is 10.7. The largest absolute Gasteiger partial charge is 0.376 e. The third-order valence-electron chi connectivity index (χ3n) is 6.94. The molecule has 8 nitrogen and oxygen atoms in total. The molecule has 0 spiro atoms. The molecule has 2 amide bonds. The zero-order chi connectivity index (χ0) is 26.6. The van der Waals surface area contributed by atoms with Crippen molar-refractivity contribution in [1.82, 2.24) is 25.8 Å². The zero-order valence-electron chi connectivity index (χ0n) is 21.3. The number of hydrogen-bond acceptors (Lipinski definition) is 8. The Labute approximate surface area is 232 Å². The van der Waals surface area contributed by atoms with Crippen LogP contribution >= 0.6 is 35.6 Å². The average Bonchev–Trinajstić information content (AvgIpc) is 3.33. The monoisotopic (exact) mass is 562 g/mol. The highest BCUT2D eigenvalue weighted by atomic mass is 35.5. The molecule has 0 bridgehead atoms. The van der Waals surface area contributed by atoms with Gasteiger partial charge in [-0.2, -0.15) is 12.6 Å². The molecule has 2 aromatic rings. The first-order valence-corrected chi connectivity index (χ1v) is 14.4. The highest BCUT2D eigenvalue weighted by Crippen LogP contribution is 2.30. The van der Waals surface area contributed by atoms with Gasteiger partial charge < -0.3 is 21.7 Å². The molecule has 0 saturated carbocycles. The summed E-state index contributed by atoms with van der Waals surface area (Å²) < 4.78 is 0. The van der Waals surface area contributed by atoms with E-state index in [9.17, 15) is 9.59 Å². The van der Waals surface area contributed by atoms with Gasteiger partial charge in [-0.25, -0.2) is 4.98 Å². The van der Waals surface area contributed by atoms with Crippen molar-refractivity contribution >= 4 is 53.5 Å². The minimum atomic E-state index is -0.448. The van der Waals surface area contributed by atoms with E-state index < -0.39 is 5.91 Å². The summed E-state index contributed by atoms with van der Waals surface area (Å²) in [6.07, 6.45) is 4.80. The van der Waals surface area contributed by atoms with Gasteiger partial charge in [0.25, 0.3) is 11.8 Å². The molecule has 4 heterocycles. The number of amides is 2. The minimum absolute atomic E-state index is 0.0156. The van der Waals surface area contributed by atoms with Gasteiger partial charge in [-0.05, 0) is 62.6 Å². The van der Waals surface area contributed by atoms with Crippen LogP contribution in [0.5, 0.6) is 0 Å². The highest BCUT2D eigenvalue weighted by molar-refractivity contribution is 7.80. The van der Waals surface area contributed by atoms with Crippen molar-refractivity contribution in [2.45, 2.75) is 57.8 Å². The van der Waals surface area contributed by atoms with Gasteiger partial charge in [-0.1, -0.05) is 17.7 Å². The van der Waals surface area contributed by atoms with Gasteiger partial charge >= 0.3 is 0 Å². The predicted molar refractivity (Wildman–Crippen MR) is 153 cm³/mol. The maximum atomic E-state index is 12.4. The van der Waals surface area contributed by atoms with Gasteiger partial charge in [0.15, 0.2) is 5.01 Å². The fourth-order valence-electron chi connectivity index (χ4n) is 4.55. The lowest BCUT2D eigenvalue weighted by molar-refractivity contribution is -0.114. The number of thiol groups is 1. The fourth-order valence-corrected chi connectivity index (χ4v) is 5.96. The lowest BCUT2D eigenvalue weighted by atomic mass is 10.0. The second-order valence-electron chi connectivity index (χ2n) is 10.2. The maximum Gasteiger partial charge on any atom is 0.280 e. The van der Waals surface area contributed by atoms with Crippen molar-refractivity contribution in [1.29, 1.82) is 0 Å². The summed E-state index contributed by atoms with van der Waals surface area (Å²) in [6, 6.07) is 5.81. The van der Waals surface area contributed by atoms with E-state index >= 15 is 0 Å². The average molecular weight is 563 g/mol. The number of hydrogen-bond donors (Lipinski definition) is 5. The molecule has 0 unspecified atom stereocenters. The van der Waals surface area contributed by atoms with Crippen LogP contribution in [-0.4, -0.2) is 58.7 Å². The number of nitrogens with two attached hydrogens (primary N) is 1. The molecule has 0 aliphatic carbocycles. The van der Waals surface area contributed by atoms with Crippen LogP contribution in [0, 0.1) is 0 Å². The van der Waals surface area contributed by atoms with E-state index in [1.165, 1.54) is 4.88 Å². The molecule has 3 aliphatic heterocycles. The Balaban J connectivity index is 0.000000195. The van der Waals surface area contributed by atoms with Gasteiger partial charge in [0.05, 0.1) is 5.69 Å². The van der Waals surface area contributed by atoms with Gasteiger partial charge in [0, 0.05) is 59.8 Å². The summed E-state index contributed by atoms with van der Waals surface area (Å²) in [6.45, 7) is 8.82. The Morgan fingerprint density at radius 3 is 2.89 bits per heavy atom. The van der Waals surface area contributed by atoms with Crippen LogP contribution in [0.15, 0.2) is 23.9 Å². The number of halogens is 1. The van der Waals surface area contributed by atoms with E-state index in [0.29, 0.717) is 22.3 Å². The van der Waals surface area contributed by atoms with Gasteiger partial charge in [-0.3, -0.25) is 14.5 Å². The number of carbonyl (C=O) groups excluding carboxylic acids is 2. The molecule has 5 N–H and O–H groups in total. The summed E-state index contributed by atoms with van der Waals surface area (Å²) in [5.41, 5.74) is 8.82. The molecule has 1 saturated heterocycles. The van der Waals surface area contributed by atoms with E-state index in [4.69, 9.17) is 17.3 Å². The number of rotatable bonds is 5. The minimum Gasteiger partial charge on any atom is -0.376 e. The van der Waals surface area contributed by atoms with Crippen LogP contribution in [0.3, 0.4) is 0 Å². The van der Waals surface area contributed by atoms with E-state index in [-0.39, 0.29) is 17.5 Å². The molecule has 200 valence electrons. The van der Waals surface area contributed by atoms with Crippen molar-refractivity contribution in [3.05, 3.63) is 55.6 Å². The second kappa shape index (κ2) is 12.2. The number of thiazole rings is 1. The molecular formula is C26H35ClN6O2S2. The quantitative estimate of drug-likeness (QED) is 0.358. The Bertz CT molecular complexity index is 1180. The second-order valence-corrected chi connectivity index (χ2v) is 12.0. The van der Waals surface area contributed by atoms with Gasteiger partial charge in [0.1, 0.15) is 5.70 Å². The highest BCUT2D eigenvalue weighted by Gasteiger charge is 2.31. The van der Waals surface area contributed by atoms with Crippen molar-refractivity contribution in [3.63, 3.8) is 0 Å². The first-order valence-electron chi connectivity index (χ1n) is 12.6. The molecule has 5 rings (SSSR count). The van der Waals surface area contributed by atoms with Crippen molar-refractivity contribution in [2.75, 3.05) is 25.4 Å². The number of primary amides is 1. The lowest BCUT2D eigenvalue weighted by Gasteiger charge is -2.39. The summed E-state index contributed by atoms with van der Waals surface area (Å²) in [7, 11) is 0. The maximum absolute atomic E-state index is 12.4. The molecular weight excluding hydrogens is 528 g/mol. The van der Waals surface area contributed by atoms with Gasteiger partial charge in [0.2, 0.25) is 0 Å². The van der Waals surface area contributed by atoms with Crippen LogP contribution in [0.2, 0.25) is 5.02 Å². The van der Waals surface area contributed by atoms with E-state index in [2.05, 4.69) is 52.3 Å². The third-order valence-corrected chi connectivity index (χ3v) is 9.03. The smallest absolute Gasteiger partial charge is 0.280 e. The van der Waals surface area contributed by atoms with E-state index in [1.807, 2.05) is 18.2 Å². The number of fused-ring (bicyclic) bond motifs is 2. The number of aromatic nitrogens is 1. The van der Waals surface area contributed by atoms with Crippen molar-refractivity contribution in [2.24, 2.45) is 5.73 Å². The molecule has 1 fully saturated rings. The third kappa shape index (κ3) is 7.06. The number of nitrogens with one attached hydrogen (secondary N) is 3.